The largest absolute Gasteiger partial charge is 0.396 e. The first-order chi connectivity index (χ1) is 11.1. The second kappa shape index (κ2) is 6.95. The SMILES string of the molecule is Cc1ccc(C(=O)N[C@H]2C[C@H]3CO[C@@H](CCO)CN3C2)cc1F. The summed E-state index contributed by atoms with van der Waals surface area (Å²) in [5.74, 6) is -0.594. The van der Waals surface area contributed by atoms with Gasteiger partial charge >= 0.3 is 0 Å². The predicted octanol–water partition coefficient (Wildman–Crippen LogP) is 1.09. The molecule has 1 aromatic rings. The Kier molecular flexibility index (Phi) is 4.94. The Morgan fingerprint density at radius 1 is 1.48 bits per heavy atom. The molecule has 0 radical (unpaired) electrons. The van der Waals surface area contributed by atoms with Crippen LogP contribution in [0.5, 0.6) is 0 Å². The molecule has 2 fully saturated rings. The highest BCUT2D eigenvalue weighted by molar-refractivity contribution is 5.94. The second-order valence-electron chi connectivity index (χ2n) is 6.45. The van der Waals surface area contributed by atoms with Crippen LogP contribution in [0, 0.1) is 12.7 Å². The number of amides is 1. The summed E-state index contributed by atoms with van der Waals surface area (Å²) in [6, 6.07) is 4.91. The van der Waals surface area contributed by atoms with Gasteiger partial charge in [-0.25, -0.2) is 4.39 Å². The normalized spacial score (nSPS) is 27.7. The number of ether oxygens (including phenoxy) is 1. The van der Waals surface area contributed by atoms with Gasteiger partial charge in [0.25, 0.3) is 5.91 Å². The van der Waals surface area contributed by atoms with Crippen molar-refractivity contribution in [2.75, 3.05) is 26.3 Å². The number of hydrogen-bond acceptors (Lipinski definition) is 4. The van der Waals surface area contributed by atoms with Gasteiger partial charge in [-0.2, -0.15) is 0 Å². The molecule has 0 aliphatic carbocycles. The van der Waals surface area contributed by atoms with Crippen LogP contribution in [-0.2, 0) is 4.74 Å². The van der Waals surface area contributed by atoms with E-state index in [1.54, 1.807) is 19.1 Å². The van der Waals surface area contributed by atoms with Crippen molar-refractivity contribution in [3.8, 4) is 0 Å². The number of aryl methyl sites for hydroxylation is 1. The number of morpholine rings is 1. The topological polar surface area (TPSA) is 61.8 Å². The maximum Gasteiger partial charge on any atom is 0.251 e. The van der Waals surface area contributed by atoms with Crippen molar-refractivity contribution in [3.05, 3.63) is 35.1 Å². The zero-order valence-electron chi connectivity index (χ0n) is 13.3. The van der Waals surface area contributed by atoms with Crippen molar-refractivity contribution in [3.63, 3.8) is 0 Å². The fourth-order valence-corrected chi connectivity index (χ4v) is 3.37. The van der Waals surface area contributed by atoms with Gasteiger partial charge in [0.1, 0.15) is 5.82 Å². The van der Waals surface area contributed by atoms with E-state index in [4.69, 9.17) is 9.84 Å². The molecule has 0 aromatic heterocycles. The molecule has 1 aromatic carbocycles. The van der Waals surface area contributed by atoms with Gasteiger partial charge in [-0.3, -0.25) is 9.69 Å². The number of aliphatic hydroxyl groups excluding tert-OH is 1. The Balaban J connectivity index is 1.57. The van der Waals surface area contributed by atoms with Crippen LogP contribution in [0.2, 0.25) is 0 Å². The molecule has 2 aliphatic heterocycles. The molecule has 0 unspecified atom stereocenters. The lowest BCUT2D eigenvalue weighted by atomic mass is 10.1. The Bertz CT molecular complexity index is 581. The molecule has 6 heteroatoms. The van der Waals surface area contributed by atoms with E-state index in [1.165, 1.54) is 6.07 Å². The smallest absolute Gasteiger partial charge is 0.251 e. The minimum absolute atomic E-state index is 0.0494. The first-order valence-corrected chi connectivity index (χ1v) is 8.10. The summed E-state index contributed by atoms with van der Waals surface area (Å²) < 4.78 is 19.3. The minimum atomic E-state index is -0.360. The number of halogens is 1. The third-order valence-corrected chi connectivity index (χ3v) is 4.71. The van der Waals surface area contributed by atoms with Crippen molar-refractivity contribution >= 4 is 5.91 Å². The molecule has 2 aliphatic rings. The summed E-state index contributed by atoms with van der Waals surface area (Å²) in [6.07, 6.45) is 1.55. The number of carbonyl (C=O) groups excluding carboxylic acids is 1. The van der Waals surface area contributed by atoms with E-state index in [9.17, 15) is 9.18 Å². The van der Waals surface area contributed by atoms with Crippen LogP contribution in [-0.4, -0.2) is 60.4 Å². The van der Waals surface area contributed by atoms with Crippen molar-refractivity contribution in [1.82, 2.24) is 10.2 Å². The average molecular weight is 322 g/mol. The van der Waals surface area contributed by atoms with Gasteiger partial charge in [0.15, 0.2) is 0 Å². The summed E-state index contributed by atoms with van der Waals surface area (Å²) in [5, 5.41) is 12.0. The van der Waals surface area contributed by atoms with E-state index in [0.29, 0.717) is 30.2 Å². The number of benzene rings is 1. The van der Waals surface area contributed by atoms with Crippen LogP contribution >= 0.6 is 0 Å². The Labute approximate surface area is 135 Å². The molecule has 1 amide bonds. The lowest BCUT2D eigenvalue weighted by Gasteiger charge is -2.34. The second-order valence-corrected chi connectivity index (χ2v) is 6.45. The van der Waals surface area contributed by atoms with E-state index < -0.39 is 0 Å². The van der Waals surface area contributed by atoms with E-state index in [0.717, 1.165) is 19.5 Å². The molecular formula is C17H23FN2O3. The van der Waals surface area contributed by atoms with E-state index in [2.05, 4.69) is 10.2 Å². The van der Waals surface area contributed by atoms with Crippen LogP contribution < -0.4 is 5.32 Å². The summed E-state index contributed by atoms with van der Waals surface area (Å²) in [6.45, 7) is 4.00. The van der Waals surface area contributed by atoms with Gasteiger partial charge in [0.2, 0.25) is 0 Å². The van der Waals surface area contributed by atoms with Gasteiger partial charge in [-0.15, -0.1) is 0 Å². The van der Waals surface area contributed by atoms with Crippen LogP contribution in [0.4, 0.5) is 4.39 Å². The van der Waals surface area contributed by atoms with Crippen molar-refractivity contribution in [1.29, 1.82) is 0 Å². The molecule has 2 heterocycles. The quantitative estimate of drug-likeness (QED) is 0.871. The molecule has 0 bridgehead atoms. The van der Waals surface area contributed by atoms with Gasteiger partial charge in [0, 0.05) is 37.3 Å². The highest BCUT2D eigenvalue weighted by Crippen LogP contribution is 2.24. The highest BCUT2D eigenvalue weighted by atomic mass is 19.1. The monoisotopic (exact) mass is 322 g/mol. The van der Waals surface area contributed by atoms with E-state index in [1.807, 2.05) is 0 Å². The molecule has 0 spiro atoms. The maximum atomic E-state index is 13.6. The zero-order chi connectivity index (χ0) is 16.4. The van der Waals surface area contributed by atoms with Crippen LogP contribution in [0.1, 0.15) is 28.8 Å². The first kappa shape index (κ1) is 16.4. The number of nitrogens with zero attached hydrogens (tertiary/aromatic N) is 1. The number of nitrogens with one attached hydrogen (secondary N) is 1. The van der Waals surface area contributed by atoms with Crippen LogP contribution in [0.25, 0.3) is 0 Å². The molecule has 126 valence electrons. The van der Waals surface area contributed by atoms with Gasteiger partial charge in [-0.05, 0) is 37.5 Å². The average Bonchev–Trinajstić information content (AvgIpc) is 2.91. The lowest BCUT2D eigenvalue weighted by molar-refractivity contribution is -0.0566. The Morgan fingerprint density at radius 2 is 2.30 bits per heavy atom. The molecule has 3 rings (SSSR count). The van der Waals surface area contributed by atoms with Crippen LogP contribution in [0.15, 0.2) is 18.2 Å². The van der Waals surface area contributed by atoms with Gasteiger partial charge in [0.05, 0.1) is 12.7 Å². The standard InChI is InChI=1S/C17H23FN2O3/c1-11-2-3-12(6-16(11)18)17(22)19-13-7-14-10-23-15(4-5-21)9-20(14)8-13/h2-3,6,13-15,21H,4-5,7-10H2,1H3,(H,19,22)/t13-,14-,15-/m0/s1. The number of fused-ring (bicyclic) bond motifs is 1. The summed E-state index contributed by atoms with van der Waals surface area (Å²) in [5.41, 5.74) is 0.888. The molecule has 0 saturated carbocycles. The molecular weight excluding hydrogens is 299 g/mol. The van der Waals surface area contributed by atoms with Crippen LogP contribution in [0.3, 0.4) is 0 Å². The highest BCUT2D eigenvalue weighted by Gasteiger charge is 2.37. The Morgan fingerprint density at radius 3 is 3.04 bits per heavy atom. The summed E-state index contributed by atoms with van der Waals surface area (Å²) in [4.78, 5) is 14.6. The fourth-order valence-electron chi connectivity index (χ4n) is 3.37. The Hall–Kier alpha value is -1.50. The third kappa shape index (κ3) is 3.71. The summed E-state index contributed by atoms with van der Waals surface area (Å²) >= 11 is 0. The van der Waals surface area contributed by atoms with Gasteiger partial charge < -0.3 is 15.2 Å². The predicted molar refractivity (Wildman–Crippen MR) is 83.8 cm³/mol. The third-order valence-electron chi connectivity index (χ3n) is 4.71. The first-order valence-electron chi connectivity index (χ1n) is 8.10. The molecule has 5 nitrogen and oxygen atoms in total. The summed E-state index contributed by atoms with van der Waals surface area (Å²) in [7, 11) is 0. The van der Waals surface area contributed by atoms with Crippen molar-refractivity contribution in [2.24, 2.45) is 0 Å². The lowest BCUT2D eigenvalue weighted by Crippen LogP contribution is -2.46. The van der Waals surface area contributed by atoms with E-state index in [-0.39, 0.29) is 30.5 Å². The van der Waals surface area contributed by atoms with Gasteiger partial charge in [-0.1, -0.05) is 6.07 Å². The number of rotatable bonds is 4. The number of aliphatic hydroxyl groups is 1. The number of hydrogen-bond donors (Lipinski definition) is 2. The molecule has 2 N–H and O–H groups in total. The molecule has 2 saturated heterocycles. The minimum Gasteiger partial charge on any atom is -0.396 e. The van der Waals surface area contributed by atoms with Crippen molar-refractivity contribution in [2.45, 2.75) is 38.0 Å². The molecule has 3 atom stereocenters. The van der Waals surface area contributed by atoms with Crippen molar-refractivity contribution < 1.29 is 19.0 Å². The number of carbonyl (C=O) groups is 1. The van der Waals surface area contributed by atoms with E-state index >= 15 is 0 Å². The maximum absolute atomic E-state index is 13.6. The zero-order valence-corrected chi connectivity index (χ0v) is 13.3. The fraction of sp³-hybridized carbons (Fsp3) is 0.588. The molecule has 23 heavy (non-hydrogen) atoms.